The fourth-order valence-electron chi connectivity index (χ4n) is 2.04. The molecule has 1 saturated heterocycles. The number of halogens is 1. The Hall–Kier alpha value is -1.66. The lowest BCUT2D eigenvalue weighted by atomic mass is 10.2. The molecule has 1 amide bonds. The Kier molecular flexibility index (Phi) is 5.52. The van der Waals surface area contributed by atoms with E-state index in [0.29, 0.717) is 13.2 Å². The van der Waals surface area contributed by atoms with Crippen molar-refractivity contribution in [3.05, 3.63) is 40.4 Å². The number of nitrogens with zero attached hydrogens (tertiary/aromatic N) is 1. The summed E-state index contributed by atoms with van der Waals surface area (Å²) in [6.07, 6.45) is 3.18. The van der Waals surface area contributed by atoms with Gasteiger partial charge >= 0.3 is 5.97 Å². The second-order valence-electron chi connectivity index (χ2n) is 4.53. The molecule has 1 unspecified atom stereocenters. The van der Waals surface area contributed by atoms with Gasteiger partial charge in [-0.1, -0.05) is 28.1 Å². The summed E-state index contributed by atoms with van der Waals surface area (Å²) in [5.41, 5.74) is 0.912. The summed E-state index contributed by atoms with van der Waals surface area (Å²) >= 11 is 3.36. The number of amides is 1. The zero-order chi connectivity index (χ0) is 15.2. The van der Waals surface area contributed by atoms with Gasteiger partial charge < -0.3 is 14.4 Å². The number of methoxy groups -OCH3 is 1. The highest BCUT2D eigenvalue weighted by molar-refractivity contribution is 9.10. The Morgan fingerprint density at radius 2 is 2.10 bits per heavy atom. The lowest BCUT2D eigenvalue weighted by Gasteiger charge is -2.32. The number of carbonyl (C=O) groups excluding carboxylic acids is 2. The minimum absolute atomic E-state index is 0.171. The number of morpholine rings is 1. The van der Waals surface area contributed by atoms with Gasteiger partial charge in [0.15, 0.2) is 6.04 Å². The van der Waals surface area contributed by atoms with E-state index in [4.69, 9.17) is 9.47 Å². The second kappa shape index (κ2) is 7.38. The zero-order valence-electron chi connectivity index (χ0n) is 11.6. The van der Waals surface area contributed by atoms with Crippen LogP contribution in [-0.2, 0) is 19.1 Å². The normalized spacial score (nSPS) is 18.8. The Morgan fingerprint density at radius 1 is 1.38 bits per heavy atom. The van der Waals surface area contributed by atoms with Crippen LogP contribution in [0.25, 0.3) is 6.08 Å². The molecule has 0 bridgehead atoms. The summed E-state index contributed by atoms with van der Waals surface area (Å²) in [7, 11) is 1.30. The molecular formula is C15H16BrNO4. The van der Waals surface area contributed by atoms with Crippen molar-refractivity contribution in [2.75, 3.05) is 26.9 Å². The first-order chi connectivity index (χ1) is 10.1. The summed E-state index contributed by atoms with van der Waals surface area (Å²) in [6.45, 7) is 0.971. The lowest BCUT2D eigenvalue weighted by Crippen LogP contribution is -2.52. The van der Waals surface area contributed by atoms with Crippen molar-refractivity contribution in [1.29, 1.82) is 0 Å². The van der Waals surface area contributed by atoms with Crippen LogP contribution in [-0.4, -0.2) is 49.7 Å². The van der Waals surface area contributed by atoms with Crippen LogP contribution in [0.2, 0.25) is 0 Å². The van der Waals surface area contributed by atoms with Crippen LogP contribution in [0.3, 0.4) is 0 Å². The molecule has 6 heteroatoms. The predicted octanol–water partition coefficient (Wildman–Crippen LogP) is 1.86. The van der Waals surface area contributed by atoms with E-state index in [1.54, 1.807) is 6.08 Å². The van der Waals surface area contributed by atoms with Gasteiger partial charge in [-0.15, -0.1) is 0 Å². The number of hydrogen-bond donors (Lipinski definition) is 0. The van der Waals surface area contributed by atoms with Crippen LogP contribution in [0.5, 0.6) is 0 Å². The van der Waals surface area contributed by atoms with Gasteiger partial charge in [0.05, 0.1) is 20.3 Å². The highest BCUT2D eigenvalue weighted by atomic mass is 79.9. The van der Waals surface area contributed by atoms with Crippen LogP contribution in [0.4, 0.5) is 0 Å². The number of carbonyl (C=O) groups is 2. The maximum atomic E-state index is 12.2. The summed E-state index contributed by atoms with van der Waals surface area (Å²) in [5.74, 6) is -0.684. The molecule has 1 aliphatic heterocycles. The maximum absolute atomic E-state index is 12.2. The smallest absolute Gasteiger partial charge is 0.331 e. The molecule has 1 aliphatic rings. The molecular weight excluding hydrogens is 338 g/mol. The average Bonchev–Trinajstić information content (AvgIpc) is 2.53. The van der Waals surface area contributed by atoms with Gasteiger partial charge in [0.25, 0.3) is 0 Å². The Morgan fingerprint density at radius 3 is 2.76 bits per heavy atom. The maximum Gasteiger partial charge on any atom is 0.331 e. The largest absolute Gasteiger partial charge is 0.467 e. The molecule has 2 rings (SSSR count). The number of ether oxygens (including phenoxy) is 2. The zero-order valence-corrected chi connectivity index (χ0v) is 13.2. The molecule has 0 radical (unpaired) electrons. The first-order valence-electron chi connectivity index (χ1n) is 6.51. The third kappa shape index (κ3) is 4.15. The van der Waals surface area contributed by atoms with E-state index in [1.165, 1.54) is 18.1 Å². The van der Waals surface area contributed by atoms with Gasteiger partial charge in [-0.05, 0) is 23.8 Å². The molecule has 1 atom stereocenters. The van der Waals surface area contributed by atoms with Crippen LogP contribution in [0.15, 0.2) is 34.8 Å². The molecule has 21 heavy (non-hydrogen) atoms. The lowest BCUT2D eigenvalue weighted by molar-refractivity contribution is -0.158. The SMILES string of the molecule is COC(=O)C1COCCN1C(=O)/C=C/c1ccc(Br)cc1. The number of esters is 1. The van der Waals surface area contributed by atoms with Gasteiger partial charge in [0.2, 0.25) is 5.91 Å². The van der Waals surface area contributed by atoms with Crippen LogP contribution >= 0.6 is 15.9 Å². The van der Waals surface area contributed by atoms with Gasteiger partial charge in [0, 0.05) is 17.1 Å². The fraction of sp³-hybridized carbons (Fsp3) is 0.333. The van der Waals surface area contributed by atoms with Crippen molar-refractivity contribution in [3.8, 4) is 0 Å². The van der Waals surface area contributed by atoms with Crippen molar-refractivity contribution in [1.82, 2.24) is 4.90 Å². The summed E-state index contributed by atoms with van der Waals surface area (Å²) < 4.78 is 10.9. The standard InChI is InChI=1S/C15H16BrNO4/c1-20-15(19)13-10-21-9-8-17(13)14(18)7-4-11-2-5-12(16)6-3-11/h2-7,13H,8-10H2,1H3/b7-4+. The summed E-state index contributed by atoms with van der Waals surface area (Å²) in [4.78, 5) is 25.4. The number of rotatable bonds is 3. The highest BCUT2D eigenvalue weighted by Gasteiger charge is 2.32. The van der Waals surface area contributed by atoms with Crippen molar-refractivity contribution < 1.29 is 19.1 Å². The van der Waals surface area contributed by atoms with Crippen LogP contribution < -0.4 is 0 Å². The second-order valence-corrected chi connectivity index (χ2v) is 5.45. The minimum Gasteiger partial charge on any atom is -0.467 e. The van der Waals surface area contributed by atoms with Crippen LogP contribution in [0, 0.1) is 0 Å². The quantitative estimate of drug-likeness (QED) is 0.614. The van der Waals surface area contributed by atoms with E-state index in [-0.39, 0.29) is 12.5 Å². The van der Waals surface area contributed by atoms with Gasteiger partial charge in [-0.3, -0.25) is 4.79 Å². The average molecular weight is 354 g/mol. The molecule has 1 aromatic rings. The molecule has 0 saturated carbocycles. The molecule has 1 aromatic carbocycles. The van der Waals surface area contributed by atoms with E-state index < -0.39 is 12.0 Å². The van der Waals surface area contributed by atoms with E-state index in [9.17, 15) is 9.59 Å². The topological polar surface area (TPSA) is 55.8 Å². The first kappa shape index (κ1) is 15.7. The fourth-order valence-corrected chi connectivity index (χ4v) is 2.30. The monoisotopic (exact) mass is 353 g/mol. The van der Waals surface area contributed by atoms with Crippen LogP contribution in [0.1, 0.15) is 5.56 Å². The Labute approximate surface area is 131 Å². The minimum atomic E-state index is -0.675. The van der Waals surface area contributed by atoms with E-state index in [2.05, 4.69) is 15.9 Å². The summed E-state index contributed by atoms with van der Waals surface area (Å²) in [5, 5.41) is 0. The number of benzene rings is 1. The van der Waals surface area contributed by atoms with Crippen molar-refractivity contribution in [2.24, 2.45) is 0 Å². The summed E-state index contributed by atoms with van der Waals surface area (Å²) in [6, 6.07) is 6.91. The molecule has 0 aliphatic carbocycles. The van der Waals surface area contributed by atoms with Gasteiger partial charge in [-0.2, -0.15) is 0 Å². The van der Waals surface area contributed by atoms with Crippen molar-refractivity contribution in [2.45, 2.75) is 6.04 Å². The van der Waals surface area contributed by atoms with E-state index in [0.717, 1.165) is 10.0 Å². The van der Waals surface area contributed by atoms with E-state index >= 15 is 0 Å². The molecule has 0 spiro atoms. The molecule has 0 aromatic heterocycles. The number of hydrogen-bond acceptors (Lipinski definition) is 4. The molecule has 112 valence electrons. The third-order valence-electron chi connectivity index (χ3n) is 3.17. The van der Waals surface area contributed by atoms with E-state index in [1.807, 2.05) is 24.3 Å². The van der Waals surface area contributed by atoms with Crippen molar-refractivity contribution >= 4 is 33.9 Å². The predicted molar refractivity (Wildman–Crippen MR) is 81.5 cm³/mol. The van der Waals surface area contributed by atoms with Gasteiger partial charge in [-0.25, -0.2) is 4.79 Å². The molecule has 1 fully saturated rings. The highest BCUT2D eigenvalue weighted by Crippen LogP contribution is 2.13. The van der Waals surface area contributed by atoms with Gasteiger partial charge in [0.1, 0.15) is 0 Å². The molecule has 0 N–H and O–H groups in total. The molecule has 5 nitrogen and oxygen atoms in total. The third-order valence-corrected chi connectivity index (χ3v) is 3.70. The first-order valence-corrected chi connectivity index (χ1v) is 7.31. The Bertz CT molecular complexity index is 541. The van der Waals surface area contributed by atoms with Crippen molar-refractivity contribution in [3.63, 3.8) is 0 Å². The molecule has 1 heterocycles. The Balaban J connectivity index is 2.06.